The normalized spacial score (nSPS) is 10.7. The van der Waals surface area contributed by atoms with Gasteiger partial charge < -0.3 is 10.2 Å². The molecule has 0 aromatic carbocycles. The standard InChI is InChI=1S/C8H12N2O3/c1-5(2)4-10-7(8(12)13)6(11)3-9-10/h3,5,11H,4H2,1-2H3,(H,12,13). The van der Waals surface area contributed by atoms with Gasteiger partial charge in [-0.15, -0.1) is 0 Å². The van der Waals surface area contributed by atoms with Crippen LogP contribution in [0.15, 0.2) is 6.20 Å². The van der Waals surface area contributed by atoms with Crippen molar-refractivity contribution in [2.75, 3.05) is 0 Å². The molecule has 0 radical (unpaired) electrons. The maximum atomic E-state index is 10.7. The summed E-state index contributed by atoms with van der Waals surface area (Å²) in [7, 11) is 0. The number of rotatable bonds is 3. The molecule has 1 rings (SSSR count). The van der Waals surface area contributed by atoms with E-state index >= 15 is 0 Å². The third-order valence-corrected chi connectivity index (χ3v) is 1.56. The third kappa shape index (κ3) is 1.99. The molecule has 0 aliphatic heterocycles. The smallest absolute Gasteiger partial charge is 0.358 e. The first-order valence-corrected chi connectivity index (χ1v) is 4.00. The summed E-state index contributed by atoms with van der Waals surface area (Å²) in [5, 5.41) is 21.6. The van der Waals surface area contributed by atoms with E-state index in [1.807, 2.05) is 13.8 Å². The summed E-state index contributed by atoms with van der Waals surface area (Å²) in [5.41, 5.74) is -0.145. The maximum Gasteiger partial charge on any atom is 0.358 e. The van der Waals surface area contributed by atoms with Crippen molar-refractivity contribution in [1.82, 2.24) is 9.78 Å². The highest BCUT2D eigenvalue weighted by atomic mass is 16.4. The van der Waals surface area contributed by atoms with E-state index in [1.165, 1.54) is 4.68 Å². The van der Waals surface area contributed by atoms with Crippen LogP contribution in [0.2, 0.25) is 0 Å². The lowest BCUT2D eigenvalue weighted by Gasteiger charge is -2.06. The van der Waals surface area contributed by atoms with Gasteiger partial charge >= 0.3 is 5.97 Å². The number of carbonyl (C=O) groups is 1. The number of aromatic hydroxyl groups is 1. The third-order valence-electron chi connectivity index (χ3n) is 1.56. The number of carboxylic acids is 1. The van der Waals surface area contributed by atoms with E-state index in [0.29, 0.717) is 6.54 Å². The molecule has 0 saturated heterocycles. The van der Waals surface area contributed by atoms with Crippen LogP contribution in [0.1, 0.15) is 24.3 Å². The molecule has 0 atom stereocenters. The Morgan fingerprint density at radius 3 is 2.77 bits per heavy atom. The molecule has 0 aliphatic carbocycles. The quantitative estimate of drug-likeness (QED) is 0.733. The topological polar surface area (TPSA) is 75.3 Å². The molecule has 72 valence electrons. The second-order valence-corrected chi connectivity index (χ2v) is 3.26. The number of hydrogen-bond acceptors (Lipinski definition) is 3. The molecule has 1 aromatic heterocycles. The fourth-order valence-corrected chi connectivity index (χ4v) is 1.08. The van der Waals surface area contributed by atoms with E-state index in [1.54, 1.807) is 0 Å². The van der Waals surface area contributed by atoms with Gasteiger partial charge in [0.25, 0.3) is 0 Å². The van der Waals surface area contributed by atoms with Crippen molar-refractivity contribution in [3.63, 3.8) is 0 Å². The Kier molecular flexibility index (Phi) is 2.55. The molecular formula is C8H12N2O3. The van der Waals surface area contributed by atoms with Gasteiger partial charge in [0.05, 0.1) is 6.20 Å². The van der Waals surface area contributed by atoms with E-state index < -0.39 is 5.97 Å². The van der Waals surface area contributed by atoms with Crippen LogP contribution in [0.5, 0.6) is 5.75 Å². The Morgan fingerprint density at radius 2 is 2.31 bits per heavy atom. The summed E-state index contributed by atoms with van der Waals surface area (Å²) in [6.45, 7) is 4.39. The molecule has 5 nitrogen and oxygen atoms in total. The van der Waals surface area contributed by atoms with Crippen LogP contribution >= 0.6 is 0 Å². The number of carboxylic acid groups (broad SMARTS) is 1. The van der Waals surface area contributed by atoms with E-state index in [0.717, 1.165) is 6.20 Å². The molecule has 0 aliphatic rings. The molecule has 0 bridgehead atoms. The Labute approximate surface area is 75.6 Å². The fraction of sp³-hybridized carbons (Fsp3) is 0.500. The summed E-state index contributed by atoms with van der Waals surface area (Å²) in [6, 6.07) is 0. The zero-order chi connectivity index (χ0) is 10.0. The first-order valence-electron chi connectivity index (χ1n) is 4.00. The minimum atomic E-state index is -1.16. The summed E-state index contributed by atoms with van der Waals surface area (Å²) in [4.78, 5) is 10.7. The molecule has 0 fully saturated rings. The molecule has 1 aromatic rings. The molecule has 2 N–H and O–H groups in total. The minimum Gasteiger partial charge on any atom is -0.504 e. The molecule has 0 spiro atoms. The summed E-state index contributed by atoms with van der Waals surface area (Å²) in [6.07, 6.45) is 1.14. The lowest BCUT2D eigenvalue weighted by atomic mass is 10.2. The van der Waals surface area contributed by atoms with Crippen molar-refractivity contribution in [3.05, 3.63) is 11.9 Å². The van der Waals surface area contributed by atoms with Crippen molar-refractivity contribution < 1.29 is 15.0 Å². The van der Waals surface area contributed by atoms with Gasteiger partial charge in [-0.2, -0.15) is 5.10 Å². The Balaban J connectivity index is 3.00. The van der Waals surface area contributed by atoms with E-state index in [9.17, 15) is 4.79 Å². The van der Waals surface area contributed by atoms with Crippen molar-refractivity contribution in [1.29, 1.82) is 0 Å². The Morgan fingerprint density at radius 1 is 1.69 bits per heavy atom. The molecule has 5 heteroatoms. The Hall–Kier alpha value is -1.52. The van der Waals surface area contributed by atoms with Crippen LogP contribution in [0.4, 0.5) is 0 Å². The van der Waals surface area contributed by atoms with Gasteiger partial charge in [-0.1, -0.05) is 13.8 Å². The van der Waals surface area contributed by atoms with Gasteiger partial charge in [0.2, 0.25) is 0 Å². The van der Waals surface area contributed by atoms with Crippen LogP contribution in [0.3, 0.4) is 0 Å². The van der Waals surface area contributed by atoms with Gasteiger partial charge in [0, 0.05) is 6.54 Å². The van der Waals surface area contributed by atoms with Crippen LogP contribution in [0, 0.1) is 5.92 Å². The number of hydrogen-bond donors (Lipinski definition) is 2. The zero-order valence-corrected chi connectivity index (χ0v) is 7.56. The molecule has 13 heavy (non-hydrogen) atoms. The number of aromatic nitrogens is 2. The number of aromatic carboxylic acids is 1. The first kappa shape index (κ1) is 9.57. The molecule has 0 saturated carbocycles. The predicted octanol–water partition coefficient (Wildman–Crippen LogP) is 0.943. The van der Waals surface area contributed by atoms with Crippen molar-refractivity contribution in [3.8, 4) is 5.75 Å². The second kappa shape index (κ2) is 3.47. The van der Waals surface area contributed by atoms with Gasteiger partial charge in [-0.3, -0.25) is 4.68 Å². The summed E-state index contributed by atoms with van der Waals surface area (Å²) in [5.74, 6) is -1.15. The Bertz CT molecular complexity index is 317. The van der Waals surface area contributed by atoms with Crippen molar-refractivity contribution in [2.45, 2.75) is 20.4 Å². The monoisotopic (exact) mass is 184 g/mol. The zero-order valence-electron chi connectivity index (χ0n) is 7.56. The predicted molar refractivity (Wildman–Crippen MR) is 45.7 cm³/mol. The fourth-order valence-electron chi connectivity index (χ4n) is 1.08. The van der Waals surface area contributed by atoms with E-state index in [2.05, 4.69) is 5.10 Å². The largest absolute Gasteiger partial charge is 0.504 e. The van der Waals surface area contributed by atoms with Gasteiger partial charge in [-0.05, 0) is 5.92 Å². The van der Waals surface area contributed by atoms with Crippen LogP contribution in [-0.2, 0) is 6.54 Å². The van der Waals surface area contributed by atoms with Gasteiger partial charge in [0.1, 0.15) is 0 Å². The van der Waals surface area contributed by atoms with Gasteiger partial charge in [-0.25, -0.2) is 4.79 Å². The van der Waals surface area contributed by atoms with E-state index in [-0.39, 0.29) is 17.4 Å². The summed E-state index contributed by atoms with van der Waals surface area (Å²) < 4.78 is 1.29. The highest BCUT2D eigenvalue weighted by Gasteiger charge is 2.17. The highest BCUT2D eigenvalue weighted by molar-refractivity contribution is 5.88. The maximum absolute atomic E-state index is 10.7. The second-order valence-electron chi connectivity index (χ2n) is 3.26. The molecule has 0 unspecified atom stereocenters. The SMILES string of the molecule is CC(C)Cn1ncc(O)c1C(=O)O. The molecular weight excluding hydrogens is 172 g/mol. The van der Waals surface area contributed by atoms with Crippen LogP contribution < -0.4 is 0 Å². The van der Waals surface area contributed by atoms with Crippen LogP contribution in [-0.4, -0.2) is 26.0 Å². The lowest BCUT2D eigenvalue weighted by molar-refractivity contribution is 0.0679. The highest BCUT2D eigenvalue weighted by Crippen LogP contribution is 2.16. The van der Waals surface area contributed by atoms with Crippen LogP contribution in [0.25, 0.3) is 0 Å². The van der Waals surface area contributed by atoms with Gasteiger partial charge in [0.15, 0.2) is 11.4 Å². The van der Waals surface area contributed by atoms with Crippen molar-refractivity contribution >= 4 is 5.97 Å². The molecule has 0 amide bonds. The summed E-state index contributed by atoms with van der Waals surface area (Å²) >= 11 is 0. The van der Waals surface area contributed by atoms with E-state index in [4.69, 9.17) is 10.2 Å². The average Bonchev–Trinajstić information content (AvgIpc) is 2.30. The molecule has 1 heterocycles. The lowest BCUT2D eigenvalue weighted by Crippen LogP contribution is -2.13. The minimum absolute atomic E-state index is 0.145. The first-order chi connectivity index (χ1) is 6.02. The number of nitrogens with zero attached hydrogens (tertiary/aromatic N) is 2. The average molecular weight is 184 g/mol. The van der Waals surface area contributed by atoms with Crippen molar-refractivity contribution in [2.24, 2.45) is 5.92 Å².